The number of carboxylic acids is 1. The lowest BCUT2D eigenvalue weighted by molar-refractivity contribution is 0.0698. The smallest absolute Gasteiger partial charge is 0.343 e. The molecule has 0 aliphatic rings. The van der Waals surface area contributed by atoms with Gasteiger partial charge in [-0.15, -0.1) is 11.3 Å². The SMILES string of the molecule is COc1cc(-c2onc(NCc3nc(C)c(C)s3)c2C(=O)O)ccc1F. The van der Waals surface area contributed by atoms with Crippen molar-refractivity contribution in [3.8, 4) is 17.1 Å². The second-order valence-electron chi connectivity index (χ2n) is 5.49. The molecule has 7 nitrogen and oxygen atoms in total. The summed E-state index contributed by atoms with van der Waals surface area (Å²) in [6.07, 6.45) is 0. The van der Waals surface area contributed by atoms with E-state index >= 15 is 0 Å². The lowest BCUT2D eigenvalue weighted by Gasteiger charge is -2.04. The molecular formula is C17H16FN3O4S. The third kappa shape index (κ3) is 3.38. The number of nitrogens with zero attached hydrogens (tertiary/aromatic N) is 2. The van der Waals surface area contributed by atoms with Gasteiger partial charge in [-0.05, 0) is 32.0 Å². The van der Waals surface area contributed by atoms with Gasteiger partial charge in [0.15, 0.2) is 28.7 Å². The molecule has 26 heavy (non-hydrogen) atoms. The van der Waals surface area contributed by atoms with E-state index in [-0.39, 0.29) is 22.9 Å². The van der Waals surface area contributed by atoms with Crippen LogP contribution in [0.25, 0.3) is 11.3 Å². The fraction of sp³-hybridized carbons (Fsp3) is 0.235. The molecule has 1 aromatic carbocycles. The first-order chi connectivity index (χ1) is 12.4. The molecule has 0 unspecified atom stereocenters. The van der Waals surface area contributed by atoms with Crippen molar-refractivity contribution >= 4 is 23.1 Å². The quantitative estimate of drug-likeness (QED) is 0.673. The van der Waals surface area contributed by atoms with Crippen LogP contribution in [0.15, 0.2) is 22.7 Å². The molecule has 3 rings (SSSR count). The molecule has 0 saturated heterocycles. The van der Waals surface area contributed by atoms with Crippen LogP contribution in [-0.2, 0) is 6.54 Å². The molecule has 136 valence electrons. The van der Waals surface area contributed by atoms with Crippen LogP contribution in [0.1, 0.15) is 25.9 Å². The molecule has 9 heteroatoms. The van der Waals surface area contributed by atoms with Crippen molar-refractivity contribution in [1.82, 2.24) is 10.1 Å². The Kier molecular flexibility index (Phi) is 4.90. The van der Waals surface area contributed by atoms with Crippen LogP contribution >= 0.6 is 11.3 Å². The number of rotatable bonds is 6. The van der Waals surface area contributed by atoms with Gasteiger partial charge < -0.3 is 19.7 Å². The molecular weight excluding hydrogens is 361 g/mol. The molecule has 0 atom stereocenters. The zero-order valence-corrected chi connectivity index (χ0v) is 15.1. The summed E-state index contributed by atoms with van der Waals surface area (Å²) in [5, 5.41) is 17.1. The summed E-state index contributed by atoms with van der Waals surface area (Å²) in [6.45, 7) is 4.20. The fourth-order valence-corrected chi connectivity index (χ4v) is 3.26. The summed E-state index contributed by atoms with van der Waals surface area (Å²) in [5.74, 6) is -1.68. The van der Waals surface area contributed by atoms with Crippen molar-refractivity contribution in [3.63, 3.8) is 0 Å². The number of hydrogen-bond donors (Lipinski definition) is 2. The zero-order valence-electron chi connectivity index (χ0n) is 14.3. The molecule has 0 bridgehead atoms. The highest BCUT2D eigenvalue weighted by Gasteiger charge is 2.24. The van der Waals surface area contributed by atoms with Crippen LogP contribution in [0.2, 0.25) is 0 Å². The molecule has 3 aromatic rings. The monoisotopic (exact) mass is 377 g/mol. The number of ether oxygens (including phenoxy) is 1. The number of thiazole rings is 1. The Balaban J connectivity index is 1.92. The number of methoxy groups -OCH3 is 1. The third-order valence-electron chi connectivity index (χ3n) is 3.80. The highest BCUT2D eigenvalue weighted by Crippen LogP contribution is 2.32. The minimum atomic E-state index is -1.21. The number of carbonyl (C=O) groups is 1. The Morgan fingerprint density at radius 2 is 2.19 bits per heavy atom. The van der Waals surface area contributed by atoms with Gasteiger partial charge in [-0.25, -0.2) is 14.2 Å². The van der Waals surface area contributed by atoms with E-state index in [9.17, 15) is 14.3 Å². The average molecular weight is 377 g/mol. The number of benzene rings is 1. The van der Waals surface area contributed by atoms with Gasteiger partial charge in [0.1, 0.15) is 5.01 Å². The predicted octanol–water partition coefficient (Wildman–Crippen LogP) is 3.87. The van der Waals surface area contributed by atoms with E-state index in [0.29, 0.717) is 12.1 Å². The summed E-state index contributed by atoms with van der Waals surface area (Å²) in [6, 6.07) is 3.94. The summed E-state index contributed by atoms with van der Waals surface area (Å²) in [5.41, 5.74) is 1.15. The average Bonchev–Trinajstić information content (AvgIpc) is 3.17. The van der Waals surface area contributed by atoms with Gasteiger partial charge in [0.05, 0.1) is 19.3 Å². The number of aromatic nitrogens is 2. The number of aryl methyl sites for hydroxylation is 2. The summed E-state index contributed by atoms with van der Waals surface area (Å²) < 4.78 is 23.7. The normalized spacial score (nSPS) is 10.8. The number of aromatic carboxylic acids is 1. The van der Waals surface area contributed by atoms with Crippen LogP contribution in [-0.4, -0.2) is 28.3 Å². The van der Waals surface area contributed by atoms with Gasteiger partial charge in [-0.2, -0.15) is 0 Å². The zero-order chi connectivity index (χ0) is 18.8. The van der Waals surface area contributed by atoms with E-state index in [1.54, 1.807) is 0 Å². The Morgan fingerprint density at radius 1 is 1.42 bits per heavy atom. The maximum absolute atomic E-state index is 13.6. The highest BCUT2D eigenvalue weighted by molar-refractivity contribution is 7.11. The first-order valence-corrected chi connectivity index (χ1v) is 8.46. The molecule has 0 aliphatic heterocycles. The first kappa shape index (κ1) is 17.9. The van der Waals surface area contributed by atoms with Crippen LogP contribution in [0, 0.1) is 19.7 Å². The first-order valence-electron chi connectivity index (χ1n) is 7.64. The highest BCUT2D eigenvalue weighted by atomic mass is 32.1. The maximum Gasteiger partial charge on any atom is 0.343 e. The molecule has 2 heterocycles. The molecule has 0 fully saturated rings. The van der Waals surface area contributed by atoms with E-state index in [1.807, 2.05) is 13.8 Å². The van der Waals surface area contributed by atoms with Gasteiger partial charge in [-0.3, -0.25) is 0 Å². The standard InChI is InChI=1S/C17H16FN3O4S/c1-8-9(2)26-13(20-8)7-19-16-14(17(22)23)15(25-21-16)10-4-5-11(18)12(6-10)24-3/h4-6H,7H2,1-3H3,(H,19,21)(H,22,23). The third-order valence-corrected chi connectivity index (χ3v) is 4.87. The second-order valence-corrected chi connectivity index (χ2v) is 6.78. The Bertz CT molecular complexity index is 948. The van der Waals surface area contributed by atoms with Crippen LogP contribution < -0.4 is 10.1 Å². The van der Waals surface area contributed by atoms with E-state index in [0.717, 1.165) is 15.6 Å². The maximum atomic E-state index is 13.6. The lowest BCUT2D eigenvalue weighted by Crippen LogP contribution is -2.06. The largest absolute Gasteiger partial charge is 0.494 e. The van der Waals surface area contributed by atoms with Crippen molar-refractivity contribution in [2.75, 3.05) is 12.4 Å². The Labute approximate surface area is 152 Å². The minimum absolute atomic E-state index is 0.0153. The van der Waals surface area contributed by atoms with Crippen molar-refractivity contribution in [2.45, 2.75) is 20.4 Å². The molecule has 2 N–H and O–H groups in total. The van der Waals surface area contributed by atoms with E-state index < -0.39 is 11.8 Å². The van der Waals surface area contributed by atoms with Crippen LogP contribution in [0.5, 0.6) is 5.75 Å². The van der Waals surface area contributed by atoms with Crippen LogP contribution in [0.4, 0.5) is 10.2 Å². The van der Waals surface area contributed by atoms with E-state index in [4.69, 9.17) is 9.26 Å². The number of carboxylic acid groups (broad SMARTS) is 1. The minimum Gasteiger partial charge on any atom is -0.494 e. The van der Waals surface area contributed by atoms with Crippen molar-refractivity contribution in [3.05, 3.63) is 45.2 Å². The van der Waals surface area contributed by atoms with Gasteiger partial charge in [0, 0.05) is 10.4 Å². The second kappa shape index (κ2) is 7.12. The Hall–Kier alpha value is -2.94. The number of nitrogens with one attached hydrogen (secondary N) is 1. The Morgan fingerprint density at radius 3 is 2.81 bits per heavy atom. The summed E-state index contributed by atoms with van der Waals surface area (Å²) in [4.78, 5) is 17.2. The summed E-state index contributed by atoms with van der Waals surface area (Å²) >= 11 is 1.52. The van der Waals surface area contributed by atoms with E-state index in [2.05, 4.69) is 15.5 Å². The predicted molar refractivity (Wildman–Crippen MR) is 94.3 cm³/mol. The van der Waals surface area contributed by atoms with Crippen molar-refractivity contribution < 1.29 is 23.6 Å². The van der Waals surface area contributed by atoms with Crippen molar-refractivity contribution in [1.29, 1.82) is 0 Å². The lowest BCUT2D eigenvalue weighted by atomic mass is 10.1. The van der Waals surface area contributed by atoms with E-state index in [1.165, 1.54) is 36.6 Å². The van der Waals surface area contributed by atoms with Gasteiger partial charge in [-0.1, -0.05) is 5.16 Å². The van der Waals surface area contributed by atoms with Gasteiger partial charge in [0.2, 0.25) is 0 Å². The van der Waals surface area contributed by atoms with Crippen molar-refractivity contribution in [2.24, 2.45) is 0 Å². The number of hydrogen-bond acceptors (Lipinski definition) is 7. The molecule has 0 amide bonds. The van der Waals surface area contributed by atoms with Gasteiger partial charge >= 0.3 is 5.97 Å². The molecule has 0 radical (unpaired) electrons. The molecule has 2 aromatic heterocycles. The topological polar surface area (TPSA) is 97.5 Å². The van der Waals surface area contributed by atoms with Crippen LogP contribution in [0.3, 0.4) is 0 Å². The number of halogens is 1. The number of anilines is 1. The fourth-order valence-electron chi connectivity index (χ4n) is 2.38. The summed E-state index contributed by atoms with van der Waals surface area (Å²) in [7, 11) is 1.33. The molecule has 0 spiro atoms. The molecule has 0 saturated carbocycles. The molecule has 0 aliphatic carbocycles. The van der Waals surface area contributed by atoms with Gasteiger partial charge in [0.25, 0.3) is 0 Å².